The number of carbonyl (C=O) groups excluding carboxylic acids is 5. The van der Waals surface area contributed by atoms with Gasteiger partial charge in [0.25, 0.3) is 29.5 Å². The van der Waals surface area contributed by atoms with Gasteiger partial charge in [-0.2, -0.15) is 0 Å². The number of carboxylic acid groups (broad SMARTS) is 1. The van der Waals surface area contributed by atoms with Crippen molar-refractivity contribution in [2.24, 2.45) is 10.8 Å². The lowest BCUT2D eigenvalue weighted by Crippen LogP contribution is -2.45. The van der Waals surface area contributed by atoms with E-state index < -0.39 is 23.5 Å². The summed E-state index contributed by atoms with van der Waals surface area (Å²) in [5.74, 6) is -4.08. The van der Waals surface area contributed by atoms with Gasteiger partial charge in [0.15, 0.2) is 0 Å². The highest BCUT2D eigenvalue weighted by Gasteiger charge is 2.28. The number of amides is 5. The summed E-state index contributed by atoms with van der Waals surface area (Å²) >= 11 is 0. The fraction of sp³-hybridized carbons (Fsp3) is 0.464. The largest absolute Gasteiger partial charge is 0.478 e. The SMILES string of the molecule is Cc1c(F)cc(C(=O)NC2CC2)cc1-c1ccc(C(=O)NCC(C)(C)C)cc1C(=O)NCCCN1CCN(C)CC1.Cc1c(F)cc(C(=O)NC2CC2)cc1-c1ccc(C(=O)NCC(C)(C)C)cc1C(=O)O. The zero-order valence-electron chi connectivity index (χ0n) is 43.2. The van der Waals surface area contributed by atoms with Crippen LogP contribution in [0.5, 0.6) is 0 Å². The van der Waals surface area contributed by atoms with Gasteiger partial charge in [-0.3, -0.25) is 24.0 Å². The molecule has 0 radical (unpaired) electrons. The molecule has 3 fully saturated rings. The van der Waals surface area contributed by atoms with E-state index in [1.807, 2.05) is 41.5 Å². The molecule has 386 valence electrons. The van der Waals surface area contributed by atoms with E-state index in [2.05, 4.69) is 43.4 Å². The van der Waals surface area contributed by atoms with Gasteiger partial charge in [0.1, 0.15) is 11.6 Å². The molecule has 6 N–H and O–H groups in total. The number of nitrogens with one attached hydrogen (secondary N) is 5. The van der Waals surface area contributed by atoms with Gasteiger partial charge >= 0.3 is 5.97 Å². The Kier molecular flexibility index (Phi) is 17.8. The molecule has 1 heterocycles. The standard InChI is InChI=1S/C32H44FN5O3.C24H27FN2O4/c1-21-26(18-23(19-28(21)33)30(40)36-24-8-9-24)25-10-7-22(29(39)35-20-32(2,3)4)17-27(25)31(41)34-11-6-12-38-15-13-37(5)14-16-38;1-13-18(10-15(11-20(13)25)22(29)27-16-6-7-16)17-8-5-14(9-19(17)23(30)31)21(28)26-12-24(2,3)4/h7,10,17-19,24H,6,8-9,11-16,20H2,1-5H3,(H,34,41)(H,35,39)(H,36,40);5,8-11,16H,6-7,12H2,1-4H3,(H,26,28)(H,27,29)(H,30,31). The van der Waals surface area contributed by atoms with Crippen molar-refractivity contribution >= 4 is 35.5 Å². The van der Waals surface area contributed by atoms with Gasteiger partial charge in [-0.25, -0.2) is 13.6 Å². The number of benzene rings is 4. The third kappa shape index (κ3) is 15.5. The molecule has 14 nitrogen and oxygen atoms in total. The highest BCUT2D eigenvalue weighted by atomic mass is 19.1. The van der Waals surface area contributed by atoms with Crippen LogP contribution < -0.4 is 26.6 Å². The number of aromatic carboxylic acids is 1. The van der Waals surface area contributed by atoms with Crippen molar-refractivity contribution in [3.63, 3.8) is 0 Å². The molecule has 5 amide bonds. The van der Waals surface area contributed by atoms with Gasteiger partial charge in [0, 0.05) is 85.7 Å². The van der Waals surface area contributed by atoms with Crippen LogP contribution in [0.3, 0.4) is 0 Å². The minimum absolute atomic E-state index is 0.101. The van der Waals surface area contributed by atoms with Crippen molar-refractivity contribution in [2.75, 3.05) is 59.4 Å². The van der Waals surface area contributed by atoms with Crippen LogP contribution in [0.25, 0.3) is 22.3 Å². The van der Waals surface area contributed by atoms with Gasteiger partial charge in [-0.15, -0.1) is 0 Å². The molecular weight excluding hydrogens is 921 g/mol. The summed E-state index contributed by atoms with van der Waals surface area (Å²) in [5, 5.41) is 24.2. The Hall–Kier alpha value is -6.52. The van der Waals surface area contributed by atoms with Crippen molar-refractivity contribution in [3.8, 4) is 22.3 Å². The van der Waals surface area contributed by atoms with E-state index in [1.165, 1.54) is 37.3 Å². The number of rotatable bonds is 16. The molecule has 2 saturated carbocycles. The number of halogens is 2. The fourth-order valence-corrected chi connectivity index (χ4v) is 7.94. The van der Waals surface area contributed by atoms with E-state index in [4.69, 9.17) is 0 Å². The van der Waals surface area contributed by atoms with Crippen molar-refractivity contribution in [2.45, 2.75) is 99.6 Å². The number of likely N-dealkylation sites (N-methyl/N-ethyl adjacent to an activating group) is 1. The Morgan fingerprint density at radius 3 is 1.40 bits per heavy atom. The molecule has 1 saturated heterocycles. The zero-order chi connectivity index (χ0) is 52.7. The molecule has 0 spiro atoms. The number of hydrogen-bond acceptors (Lipinski definition) is 8. The Morgan fingerprint density at radius 2 is 0.986 bits per heavy atom. The second kappa shape index (κ2) is 23.4. The smallest absolute Gasteiger partial charge is 0.336 e. The molecule has 16 heteroatoms. The molecule has 0 unspecified atom stereocenters. The molecule has 7 rings (SSSR count). The molecule has 72 heavy (non-hydrogen) atoms. The van der Waals surface area contributed by atoms with Gasteiger partial charge in [0.2, 0.25) is 0 Å². The Bertz CT molecular complexity index is 2690. The van der Waals surface area contributed by atoms with Crippen LogP contribution >= 0.6 is 0 Å². The zero-order valence-corrected chi connectivity index (χ0v) is 43.2. The van der Waals surface area contributed by atoms with E-state index >= 15 is 4.39 Å². The maximum atomic E-state index is 15.1. The monoisotopic (exact) mass is 992 g/mol. The topological polar surface area (TPSA) is 189 Å². The Labute approximate surface area is 422 Å². The molecule has 0 bridgehead atoms. The highest BCUT2D eigenvalue weighted by Crippen LogP contribution is 2.33. The van der Waals surface area contributed by atoms with Crippen LogP contribution in [-0.2, 0) is 0 Å². The quantitative estimate of drug-likeness (QED) is 0.0605. The summed E-state index contributed by atoms with van der Waals surface area (Å²) in [4.78, 5) is 80.8. The van der Waals surface area contributed by atoms with Gasteiger partial charge < -0.3 is 41.5 Å². The van der Waals surface area contributed by atoms with Crippen LogP contribution in [0.4, 0.5) is 8.78 Å². The molecule has 4 aromatic carbocycles. The minimum atomic E-state index is -1.24. The predicted octanol–water partition coefficient (Wildman–Crippen LogP) is 8.00. The second-order valence-corrected chi connectivity index (χ2v) is 21.8. The van der Waals surface area contributed by atoms with Crippen LogP contribution in [0.15, 0.2) is 60.7 Å². The average Bonchev–Trinajstić information content (AvgIpc) is 4.29. The van der Waals surface area contributed by atoms with E-state index in [1.54, 1.807) is 31.2 Å². The first kappa shape index (κ1) is 54.8. The number of carboxylic acids is 1. The van der Waals surface area contributed by atoms with E-state index in [-0.39, 0.29) is 85.5 Å². The van der Waals surface area contributed by atoms with Crippen molar-refractivity contribution < 1.29 is 42.7 Å². The Morgan fingerprint density at radius 1 is 0.556 bits per heavy atom. The summed E-state index contributed by atoms with van der Waals surface area (Å²) < 4.78 is 29.7. The van der Waals surface area contributed by atoms with Crippen LogP contribution in [0, 0.1) is 36.3 Å². The van der Waals surface area contributed by atoms with Gasteiger partial charge in [-0.05, 0) is 152 Å². The summed E-state index contributed by atoms with van der Waals surface area (Å²) in [5.41, 5.74) is 2.86. The summed E-state index contributed by atoms with van der Waals surface area (Å²) in [6.07, 6.45) is 4.43. The molecule has 0 atom stereocenters. The molecule has 3 aliphatic rings. The van der Waals surface area contributed by atoms with E-state index in [0.717, 1.165) is 70.9 Å². The number of piperazine rings is 1. The first-order valence-electron chi connectivity index (χ1n) is 24.9. The minimum Gasteiger partial charge on any atom is -0.478 e. The van der Waals surface area contributed by atoms with Gasteiger partial charge in [0.05, 0.1) is 5.56 Å². The lowest BCUT2D eigenvalue weighted by Gasteiger charge is -2.32. The molecule has 2 aliphatic carbocycles. The lowest BCUT2D eigenvalue weighted by atomic mass is 9.91. The predicted molar refractivity (Wildman–Crippen MR) is 276 cm³/mol. The maximum Gasteiger partial charge on any atom is 0.336 e. The third-order valence-corrected chi connectivity index (χ3v) is 12.7. The summed E-state index contributed by atoms with van der Waals surface area (Å²) in [7, 11) is 2.12. The molecule has 0 aromatic heterocycles. The molecule has 4 aromatic rings. The average molecular weight is 992 g/mol. The summed E-state index contributed by atoms with van der Waals surface area (Å²) in [6.45, 7) is 21.5. The normalized spacial score (nSPS) is 15.2. The Balaban J connectivity index is 0.000000245. The van der Waals surface area contributed by atoms with Crippen molar-refractivity contribution in [3.05, 3.63) is 117 Å². The van der Waals surface area contributed by atoms with Crippen molar-refractivity contribution in [1.82, 2.24) is 36.4 Å². The van der Waals surface area contributed by atoms with Crippen LogP contribution in [-0.4, -0.2) is 122 Å². The van der Waals surface area contributed by atoms with Crippen LogP contribution in [0.1, 0.15) is 147 Å². The number of hydrogen-bond donors (Lipinski definition) is 6. The fourth-order valence-electron chi connectivity index (χ4n) is 7.94. The third-order valence-electron chi connectivity index (χ3n) is 12.7. The lowest BCUT2D eigenvalue weighted by molar-refractivity contribution is 0.0696. The maximum absolute atomic E-state index is 15.1. The molecule has 1 aliphatic heterocycles. The highest BCUT2D eigenvalue weighted by molar-refractivity contribution is 6.06. The first-order chi connectivity index (χ1) is 33.9. The van der Waals surface area contributed by atoms with E-state index in [9.17, 15) is 38.3 Å². The van der Waals surface area contributed by atoms with Crippen molar-refractivity contribution in [1.29, 1.82) is 0 Å². The number of carbonyl (C=O) groups is 6. The second-order valence-electron chi connectivity index (χ2n) is 21.8. The summed E-state index contributed by atoms with van der Waals surface area (Å²) in [6, 6.07) is 14.9. The van der Waals surface area contributed by atoms with Crippen LogP contribution in [0.2, 0.25) is 0 Å². The first-order valence-corrected chi connectivity index (χ1v) is 24.9. The van der Waals surface area contributed by atoms with Gasteiger partial charge in [-0.1, -0.05) is 53.7 Å². The van der Waals surface area contributed by atoms with E-state index in [0.29, 0.717) is 47.5 Å². The number of nitrogens with zero attached hydrogens (tertiary/aromatic N) is 2. The molecular formula is C56H71F2N7O7.